The predicted molar refractivity (Wildman–Crippen MR) is 120 cm³/mol. The zero-order valence-electron chi connectivity index (χ0n) is 17.1. The first kappa shape index (κ1) is 21.2. The molecule has 1 aliphatic rings. The molecule has 1 atom stereocenters. The molecule has 0 aliphatic carbocycles. The summed E-state index contributed by atoms with van der Waals surface area (Å²) >= 11 is 1.77. The van der Waals surface area contributed by atoms with Gasteiger partial charge in [0.05, 0.1) is 0 Å². The lowest BCUT2D eigenvalue weighted by molar-refractivity contribution is 0.0675. The molecule has 1 unspecified atom stereocenters. The van der Waals surface area contributed by atoms with Crippen LogP contribution in [0.25, 0.3) is 0 Å². The van der Waals surface area contributed by atoms with Gasteiger partial charge in [0.15, 0.2) is 0 Å². The van der Waals surface area contributed by atoms with Gasteiger partial charge in [0.1, 0.15) is 0 Å². The van der Waals surface area contributed by atoms with Crippen molar-refractivity contribution < 1.29 is 9.59 Å². The first-order valence-electron chi connectivity index (χ1n) is 10.0. The van der Waals surface area contributed by atoms with Crippen molar-refractivity contribution in [2.24, 2.45) is 5.92 Å². The van der Waals surface area contributed by atoms with Gasteiger partial charge in [0.25, 0.3) is 5.91 Å². The fourth-order valence-electron chi connectivity index (χ4n) is 3.56. The van der Waals surface area contributed by atoms with Gasteiger partial charge in [0.2, 0.25) is 0 Å². The minimum atomic E-state index is -0.207. The average molecular weight is 412 g/mol. The molecule has 5 nitrogen and oxygen atoms in total. The van der Waals surface area contributed by atoms with E-state index in [2.05, 4.69) is 16.9 Å². The maximum Gasteiger partial charge on any atom is 0.319 e. The van der Waals surface area contributed by atoms with Gasteiger partial charge >= 0.3 is 6.03 Å². The number of piperidine rings is 1. The third-order valence-electron chi connectivity index (χ3n) is 5.18. The van der Waals surface area contributed by atoms with E-state index in [1.807, 2.05) is 60.4 Å². The monoisotopic (exact) mass is 411 g/mol. The van der Waals surface area contributed by atoms with Crippen LogP contribution in [0, 0.1) is 12.8 Å². The summed E-state index contributed by atoms with van der Waals surface area (Å²) in [5, 5.41) is 5.80. The molecule has 3 amide bonds. The van der Waals surface area contributed by atoms with Crippen molar-refractivity contribution in [3.8, 4) is 0 Å². The van der Waals surface area contributed by atoms with E-state index in [9.17, 15) is 9.59 Å². The second-order valence-corrected chi connectivity index (χ2v) is 8.46. The number of thioether (sulfide) groups is 1. The maximum atomic E-state index is 12.8. The maximum absolute atomic E-state index is 12.8. The molecule has 0 spiro atoms. The highest BCUT2D eigenvalue weighted by Gasteiger charge is 2.24. The van der Waals surface area contributed by atoms with Crippen LogP contribution < -0.4 is 10.6 Å². The summed E-state index contributed by atoms with van der Waals surface area (Å²) in [6.45, 7) is 4.03. The molecule has 2 aromatic rings. The molecule has 2 N–H and O–H groups in total. The second kappa shape index (κ2) is 10.3. The van der Waals surface area contributed by atoms with Crippen molar-refractivity contribution in [1.29, 1.82) is 0 Å². The molecular formula is C23H29N3O2S. The SMILES string of the molecule is CSCc1ccc(C(=O)N2CCCC(CNC(=O)Nc3ccc(C)cc3)C2)cc1. The lowest BCUT2D eigenvalue weighted by atomic mass is 9.97. The number of rotatable bonds is 6. The molecule has 154 valence electrons. The highest BCUT2D eigenvalue weighted by Crippen LogP contribution is 2.19. The Morgan fingerprint density at radius 3 is 2.52 bits per heavy atom. The number of carbonyl (C=O) groups excluding carboxylic acids is 2. The van der Waals surface area contributed by atoms with Gasteiger partial charge in [-0.2, -0.15) is 11.8 Å². The topological polar surface area (TPSA) is 61.4 Å². The molecule has 1 heterocycles. The molecule has 1 aliphatic heterocycles. The quantitative estimate of drug-likeness (QED) is 0.734. The number of nitrogens with one attached hydrogen (secondary N) is 2. The standard InChI is InChI=1S/C23H29N3O2S/c1-17-5-11-21(12-6-17)25-23(28)24-14-19-4-3-13-26(15-19)22(27)20-9-7-18(8-10-20)16-29-2/h5-12,19H,3-4,13-16H2,1-2H3,(H2,24,25,28). The summed E-state index contributed by atoms with van der Waals surface area (Å²) in [6.07, 6.45) is 4.05. The van der Waals surface area contributed by atoms with Gasteiger partial charge in [0, 0.05) is 36.6 Å². The van der Waals surface area contributed by atoms with Crippen LogP contribution in [0.2, 0.25) is 0 Å². The van der Waals surface area contributed by atoms with Crippen molar-refractivity contribution in [3.63, 3.8) is 0 Å². The van der Waals surface area contributed by atoms with Gasteiger partial charge in [-0.3, -0.25) is 4.79 Å². The van der Waals surface area contributed by atoms with Crippen molar-refractivity contribution >= 4 is 29.4 Å². The predicted octanol–water partition coefficient (Wildman–Crippen LogP) is 4.53. The van der Waals surface area contributed by atoms with Crippen molar-refractivity contribution in [2.45, 2.75) is 25.5 Å². The van der Waals surface area contributed by atoms with Crippen LogP contribution in [0.3, 0.4) is 0 Å². The van der Waals surface area contributed by atoms with Gasteiger partial charge in [-0.25, -0.2) is 4.79 Å². The molecule has 29 heavy (non-hydrogen) atoms. The van der Waals surface area contributed by atoms with E-state index in [0.717, 1.165) is 42.0 Å². The largest absolute Gasteiger partial charge is 0.338 e. The summed E-state index contributed by atoms with van der Waals surface area (Å²) in [4.78, 5) is 26.9. The average Bonchev–Trinajstić information content (AvgIpc) is 2.74. The van der Waals surface area contributed by atoms with E-state index < -0.39 is 0 Å². The van der Waals surface area contributed by atoms with Crippen molar-refractivity contribution in [3.05, 3.63) is 65.2 Å². The Balaban J connectivity index is 1.48. The third kappa shape index (κ3) is 6.26. The number of urea groups is 1. The first-order valence-corrected chi connectivity index (χ1v) is 11.4. The second-order valence-electron chi connectivity index (χ2n) is 7.59. The number of benzene rings is 2. The molecule has 1 saturated heterocycles. The Morgan fingerprint density at radius 2 is 1.83 bits per heavy atom. The van der Waals surface area contributed by atoms with E-state index in [0.29, 0.717) is 13.1 Å². The molecule has 3 rings (SSSR count). The number of carbonyl (C=O) groups is 2. The lowest BCUT2D eigenvalue weighted by Crippen LogP contribution is -2.44. The molecule has 0 aromatic heterocycles. The number of nitrogens with zero attached hydrogens (tertiary/aromatic N) is 1. The smallest absolute Gasteiger partial charge is 0.319 e. The third-order valence-corrected chi connectivity index (χ3v) is 5.80. The fraction of sp³-hybridized carbons (Fsp3) is 0.391. The molecule has 0 radical (unpaired) electrons. The van der Waals surface area contributed by atoms with E-state index in [1.165, 1.54) is 5.56 Å². The summed E-state index contributed by atoms with van der Waals surface area (Å²) in [5.74, 6) is 1.30. The van der Waals surface area contributed by atoms with E-state index >= 15 is 0 Å². The Kier molecular flexibility index (Phi) is 7.58. The van der Waals surface area contributed by atoms with Crippen LogP contribution in [0.4, 0.5) is 10.5 Å². The molecule has 0 saturated carbocycles. The van der Waals surface area contributed by atoms with E-state index in [-0.39, 0.29) is 17.9 Å². The van der Waals surface area contributed by atoms with Gasteiger partial charge < -0.3 is 15.5 Å². The van der Waals surface area contributed by atoms with Crippen LogP contribution in [0.1, 0.15) is 34.3 Å². The first-order chi connectivity index (χ1) is 14.0. The van der Waals surface area contributed by atoms with Gasteiger partial charge in [-0.05, 0) is 61.8 Å². The van der Waals surface area contributed by atoms with E-state index in [4.69, 9.17) is 0 Å². The lowest BCUT2D eigenvalue weighted by Gasteiger charge is -2.33. The summed E-state index contributed by atoms with van der Waals surface area (Å²) in [5.41, 5.74) is 3.90. The van der Waals surface area contributed by atoms with Crippen LogP contribution in [0.5, 0.6) is 0 Å². The van der Waals surface area contributed by atoms with Gasteiger partial charge in [-0.1, -0.05) is 29.8 Å². The Bertz CT molecular complexity index is 821. The number of anilines is 1. The molecule has 1 fully saturated rings. The number of hydrogen-bond acceptors (Lipinski definition) is 3. The molecular weight excluding hydrogens is 382 g/mol. The number of hydrogen-bond donors (Lipinski definition) is 2. The van der Waals surface area contributed by atoms with Crippen LogP contribution in [-0.4, -0.2) is 42.7 Å². The molecule has 6 heteroatoms. The zero-order valence-corrected chi connectivity index (χ0v) is 17.9. The number of amides is 3. The van der Waals surface area contributed by atoms with E-state index in [1.54, 1.807) is 11.8 Å². The number of aryl methyl sites for hydroxylation is 1. The minimum Gasteiger partial charge on any atom is -0.338 e. The Hall–Kier alpha value is -2.47. The van der Waals surface area contributed by atoms with Crippen LogP contribution in [0.15, 0.2) is 48.5 Å². The Labute approximate surface area is 177 Å². The minimum absolute atomic E-state index is 0.0782. The Morgan fingerprint density at radius 1 is 1.10 bits per heavy atom. The molecule has 0 bridgehead atoms. The summed E-state index contributed by atoms with van der Waals surface area (Å²) in [6, 6.07) is 15.4. The van der Waals surface area contributed by atoms with Crippen LogP contribution in [-0.2, 0) is 5.75 Å². The highest BCUT2D eigenvalue weighted by molar-refractivity contribution is 7.97. The fourth-order valence-corrected chi connectivity index (χ4v) is 4.08. The van der Waals surface area contributed by atoms with Crippen LogP contribution >= 0.6 is 11.8 Å². The normalized spacial score (nSPS) is 16.3. The molecule has 2 aromatic carbocycles. The highest BCUT2D eigenvalue weighted by atomic mass is 32.2. The number of likely N-dealkylation sites (tertiary alicyclic amines) is 1. The van der Waals surface area contributed by atoms with Gasteiger partial charge in [-0.15, -0.1) is 0 Å². The zero-order chi connectivity index (χ0) is 20.6. The van der Waals surface area contributed by atoms with Crippen molar-refractivity contribution in [1.82, 2.24) is 10.2 Å². The summed E-state index contributed by atoms with van der Waals surface area (Å²) < 4.78 is 0. The summed E-state index contributed by atoms with van der Waals surface area (Å²) in [7, 11) is 0. The van der Waals surface area contributed by atoms with Crippen molar-refractivity contribution in [2.75, 3.05) is 31.2 Å².